The van der Waals surface area contributed by atoms with E-state index in [4.69, 9.17) is 4.74 Å². The Hall–Kier alpha value is -2.87. The van der Waals surface area contributed by atoms with E-state index in [1.807, 2.05) is 42.8 Å². The summed E-state index contributed by atoms with van der Waals surface area (Å²) in [5.74, 6) is 1.89. The molecule has 0 N–H and O–H groups in total. The average Bonchev–Trinajstić information content (AvgIpc) is 3.00. The molecule has 3 rings (SSSR count). The first-order valence-corrected chi connectivity index (χ1v) is 8.89. The molecule has 8 heteroatoms. The number of nitro benzene ring substituents is 1. The number of ether oxygens (including phenoxy) is 1. The second kappa shape index (κ2) is 7.57. The number of aryl methyl sites for hydroxylation is 1. The van der Waals surface area contributed by atoms with Gasteiger partial charge in [-0.2, -0.15) is 0 Å². The van der Waals surface area contributed by atoms with Gasteiger partial charge >= 0.3 is 0 Å². The lowest BCUT2D eigenvalue weighted by molar-refractivity contribution is -0.384. The van der Waals surface area contributed by atoms with E-state index < -0.39 is 4.92 Å². The second-order valence-electron chi connectivity index (χ2n) is 5.72. The minimum Gasteiger partial charge on any atom is -0.496 e. The van der Waals surface area contributed by atoms with Crippen LogP contribution >= 0.6 is 11.8 Å². The molecule has 0 spiro atoms. The largest absolute Gasteiger partial charge is 0.496 e. The second-order valence-corrected chi connectivity index (χ2v) is 6.66. The molecule has 0 aliphatic rings. The minimum atomic E-state index is -0.411. The Morgan fingerprint density at radius 1 is 1.23 bits per heavy atom. The molecule has 0 aliphatic heterocycles. The highest BCUT2D eigenvalue weighted by Gasteiger charge is 2.15. The van der Waals surface area contributed by atoms with Gasteiger partial charge in [-0.15, -0.1) is 10.2 Å². The Bertz CT molecular complexity index is 955. The van der Waals surface area contributed by atoms with Gasteiger partial charge in [0.2, 0.25) is 0 Å². The van der Waals surface area contributed by atoms with Crippen LogP contribution in [0.1, 0.15) is 11.1 Å². The predicted molar refractivity (Wildman–Crippen MR) is 100 cm³/mol. The normalized spacial score (nSPS) is 10.7. The number of hydrogen-bond acceptors (Lipinski definition) is 6. The zero-order valence-electron chi connectivity index (χ0n) is 14.7. The number of benzene rings is 2. The van der Waals surface area contributed by atoms with Crippen LogP contribution in [-0.2, 0) is 12.8 Å². The summed E-state index contributed by atoms with van der Waals surface area (Å²) in [6, 6.07) is 12.6. The average molecular weight is 370 g/mol. The van der Waals surface area contributed by atoms with Gasteiger partial charge in [0, 0.05) is 36.1 Å². The van der Waals surface area contributed by atoms with Crippen molar-refractivity contribution in [2.24, 2.45) is 7.05 Å². The third kappa shape index (κ3) is 3.55. The SMILES string of the molecule is COc1ccc([N+](=O)[O-])cc1CSc1nnc(-c2ccccc2C)n1C. The lowest BCUT2D eigenvalue weighted by Gasteiger charge is -2.09. The lowest BCUT2D eigenvalue weighted by Crippen LogP contribution is -1.97. The Labute approximate surface area is 155 Å². The van der Waals surface area contributed by atoms with Gasteiger partial charge in [0.1, 0.15) is 5.75 Å². The van der Waals surface area contributed by atoms with Gasteiger partial charge in [0.25, 0.3) is 5.69 Å². The molecule has 0 bridgehead atoms. The molecular weight excluding hydrogens is 352 g/mol. The van der Waals surface area contributed by atoms with Crippen molar-refractivity contribution >= 4 is 17.4 Å². The summed E-state index contributed by atoms with van der Waals surface area (Å²) < 4.78 is 7.24. The number of rotatable bonds is 6. The first-order valence-electron chi connectivity index (χ1n) is 7.90. The van der Waals surface area contributed by atoms with Crippen molar-refractivity contribution in [3.63, 3.8) is 0 Å². The van der Waals surface area contributed by atoms with Gasteiger partial charge in [-0.25, -0.2) is 0 Å². The summed E-state index contributed by atoms with van der Waals surface area (Å²) in [4.78, 5) is 10.6. The van der Waals surface area contributed by atoms with Crippen molar-refractivity contribution in [2.45, 2.75) is 17.8 Å². The molecule has 0 aliphatic carbocycles. The first kappa shape index (κ1) is 17.9. The van der Waals surface area contributed by atoms with Crippen LogP contribution in [-0.4, -0.2) is 26.8 Å². The van der Waals surface area contributed by atoms with Crippen LogP contribution in [0.25, 0.3) is 11.4 Å². The molecule has 0 radical (unpaired) electrons. The molecule has 26 heavy (non-hydrogen) atoms. The third-order valence-corrected chi connectivity index (χ3v) is 5.12. The maximum atomic E-state index is 11.0. The van der Waals surface area contributed by atoms with Gasteiger partial charge in [0.05, 0.1) is 12.0 Å². The van der Waals surface area contributed by atoms with Crippen LogP contribution in [0.5, 0.6) is 5.75 Å². The molecule has 0 amide bonds. The summed E-state index contributed by atoms with van der Waals surface area (Å²) in [5.41, 5.74) is 2.94. The Morgan fingerprint density at radius 3 is 2.69 bits per heavy atom. The fourth-order valence-electron chi connectivity index (χ4n) is 2.63. The summed E-state index contributed by atoms with van der Waals surface area (Å²) in [5, 5.41) is 20.3. The van der Waals surface area contributed by atoms with Crippen LogP contribution in [0.4, 0.5) is 5.69 Å². The van der Waals surface area contributed by atoms with Crippen molar-refractivity contribution < 1.29 is 9.66 Å². The van der Waals surface area contributed by atoms with Crippen molar-refractivity contribution in [1.29, 1.82) is 0 Å². The Kier molecular flexibility index (Phi) is 5.22. The molecule has 0 saturated carbocycles. The summed E-state index contributed by atoms with van der Waals surface area (Å²) in [7, 11) is 3.46. The molecule has 0 saturated heterocycles. The number of thioether (sulfide) groups is 1. The minimum absolute atomic E-state index is 0.0416. The maximum absolute atomic E-state index is 11.0. The molecule has 0 fully saturated rings. The monoisotopic (exact) mass is 370 g/mol. The summed E-state index contributed by atoms with van der Waals surface area (Å²) in [6.45, 7) is 2.03. The molecule has 0 unspecified atom stereocenters. The molecule has 1 heterocycles. The smallest absolute Gasteiger partial charge is 0.270 e. The molecule has 0 atom stereocenters. The highest BCUT2D eigenvalue weighted by Crippen LogP contribution is 2.31. The van der Waals surface area contributed by atoms with E-state index in [-0.39, 0.29) is 5.69 Å². The number of nitrogens with zero attached hydrogens (tertiary/aromatic N) is 4. The first-order chi connectivity index (χ1) is 12.5. The quantitative estimate of drug-likeness (QED) is 0.370. The molecule has 1 aromatic heterocycles. The number of non-ortho nitro benzene ring substituents is 1. The fraction of sp³-hybridized carbons (Fsp3) is 0.222. The summed E-state index contributed by atoms with van der Waals surface area (Å²) >= 11 is 1.46. The maximum Gasteiger partial charge on any atom is 0.270 e. The van der Waals surface area contributed by atoms with Gasteiger partial charge in [-0.1, -0.05) is 36.0 Å². The van der Waals surface area contributed by atoms with Crippen LogP contribution in [0.2, 0.25) is 0 Å². The lowest BCUT2D eigenvalue weighted by atomic mass is 10.1. The van der Waals surface area contributed by atoms with Crippen molar-refractivity contribution in [3.8, 4) is 17.1 Å². The zero-order chi connectivity index (χ0) is 18.7. The van der Waals surface area contributed by atoms with Crippen LogP contribution < -0.4 is 4.74 Å². The zero-order valence-corrected chi connectivity index (χ0v) is 15.5. The van der Waals surface area contributed by atoms with E-state index in [0.717, 1.165) is 27.7 Å². The summed E-state index contributed by atoms with van der Waals surface area (Å²) in [6.07, 6.45) is 0. The molecule has 2 aromatic carbocycles. The molecule has 3 aromatic rings. The van der Waals surface area contributed by atoms with E-state index in [1.165, 1.54) is 23.9 Å². The van der Waals surface area contributed by atoms with Crippen LogP contribution in [0, 0.1) is 17.0 Å². The van der Waals surface area contributed by atoms with E-state index in [0.29, 0.717) is 11.5 Å². The Balaban J connectivity index is 1.84. The van der Waals surface area contributed by atoms with Gasteiger partial charge in [-0.3, -0.25) is 10.1 Å². The fourth-order valence-corrected chi connectivity index (χ4v) is 3.52. The topological polar surface area (TPSA) is 83.1 Å². The van der Waals surface area contributed by atoms with E-state index >= 15 is 0 Å². The van der Waals surface area contributed by atoms with Crippen molar-refractivity contribution in [1.82, 2.24) is 14.8 Å². The van der Waals surface area contributed by atoms with Crippen molar-refractivity contribution in [2.75, 3.05) is 7.11 Å². The molecule has 7 nitrogen and oxygen atoms in total. The predicted octanol–water partition coefficient (Wildman–Crippen LogP) is 4.00. The van der Waals surface area contributed by atoms with E-state index in [1.54, 1.807) is 13.2 Å². The third-order valence-electron chi connectivity index (χ3n) is 4.05. The highest BCUT2D eigenvalue weighted by molar-refractivity contribution is 7.98. The van der Waals surface area contributed by atoms with Gasteiger partial charge in [-0.05, 0) is 18.6 Å². The Morgan fingerprint density at radius 2 is 2.00 bits per heavy atom. The highest BCUT2D eigenvalue weighted by atomic mass is 32.2. The van der Waals surface area contributed by atoms with E-state index in [9.17, 15) is 10.1 Å². The molecular formula is C18H18N4O3S. The number of methoxy groups -OCH3 is 1. The standard InChI is InChI=1S/C18H18N4O3S/c1-12-6-4-5-7-15(12)17-19-20-18(21(17)2)26-11-13-10-14(22(23)24)8-9-16(13)25-3/h4-10H,11H2,1-3H3. The van der Waals surface area contributed by atoms with Crippen LogP contribution in [0.3, 0.4) is 0 Å². The van der Waals surface area contributed by atoms with E-state index in [2.05, 4.69) is 10.2 Å². The molecule has 134 valence electrons. The van der Waals surface area contributed by atoms with Gasteiger partial charge < -0.3 is 9.30 Å². The number of nitro groups is 1. The van der Waals surface area contributed by atoms with Crippen LogP contribution in [0.15, 0.2) is 47.6 Å². The van der Waals surface area contributed by atoms with Gasteiger partial charge in [0.15, 0.2) is 11.0 Å². The number of aromatic nitrogens is 3. The van der Waals surface area contributed by atoms with Crippen molar-refractivity contribution in [3.05, 3.63) is 63.7 Å². The number of hydrogen-bond donors (Lipinski definition) is 0.